The number of oxazole rings is 1. The summed E-state index contributed by atoms with van der Waals surface area (Å²) in [6.07, 6.45) is 2.58. The Balaban J connectivity index is 2.10. The van der Waals surface area contributed by atoms with E-state index in [0.29, 0.717) is 24.1 Å². The molecule has 0 aromatic carbocycles. The summed E-state index contributed by atoms with van der Waals surface area (Å²) in [7, 11) is 0. The minimum Gasteiger partial charge on any atom is -0.444 e. The number of hydrogen-bond donors (Lipinski definition) is 2. The smallest absolute Gasteiger partial charge is 0.213 e. The van der Waals surface area contributed by atoms with Crippen LogP contribution in [0.15, 0.2) is 10.6 Å². The van der Waals surface area contributed by atoms with E-state index in [2.05, 4.69) is 20.3 Å². The molecule has 3 N–H and O–H groups in total. The van der Waals surface area contributed by atoms with E-state index < -0.39 is 0 Å². The zero-order chi connectivity index (χ0) is 13.1. The second kappa shape index (κ2) is 5.03. The maximum absolute atomic E-state index is 5.79. The van der Waals surface area contributed by atoms with Crippen molar-refractivity contribution in [3.63, 3.8) is 0 Å². The molecule has 0 fully saturated rings. The first-order valence-corrected chi connectivity index (χ1v) is 5.88. The summed E-state index contributed by atoms with van der Waals surface area (Å²) in [5.41, 5.74) is 6.62. The molecule has 6 nitrogen and oxygen atoms in total. The van der Waals surface area contributed by atoms with Crippen molar-refractivity contribution in [3.05, 3.63) is 29.2 Å². The minimum atomic E-state index is 0.483. The largest absolute Gasteiger partial charge is 0.444 e. The molecule has 2 aromatic heterocycles. The van der Waals surface area contributed by atoms with Crippen molar-refractivity contribution in [1.82, 2.24) is 15.0 Å². The standard InChI is InChI=1S/C12H17N5O/c1-4-9-5-14-10(18-9)6-15-12-7(2)11(13)16-8(3)17-12/h5H,4,6H2,1-3H3,(H3,13,15,16,17). The van der Waals surface area contributed by atoms with E-state index >= 15 is 0 Å². The Hall–Kier alpha value is -2.11. The molecule has 0 unspecified atom stereocenters. The Kier molecular flexibility index (Phi) is 3.45. The average Bonchev–Trinajstić information content (AvgIpc) is 2.80. The molecule has 2 aromatic rings. The van der Waals surface area contributed by atoms with Crippen molar-refractivity contribution in [2.45, 2.75) is 33.7 Å². The van der Waals surface area contributed by atoms with Gasteiger partial charge >= 0.3 is 0 Å². The molecule has 0 aliphatic heterocycles. The topological polar surface area (TPSA) is 89.9 Å². The van der Waals surface area contributed by atoms with Gasteiger partial charge in [-0.2, -0.15) is 0 Å². The van der Waals surface area contributed by atoms with Crippen LogP contribution in [0, 0.1) is 13.8 Å². The van der Waals surface area contributed by atoms with E-state index in [4.69, 9.17) is 10.2 Å². The van der Waals surface area contributed by atoms with Gasteiger partial charge in [-0.1, -0.05) is 6.92 Å². The van der Waals surface area contributed by atoms with Crippen molar-refractivity contribution in [2.24, 2.45) is 0 Å². The van der Waals surface area contributed by atoms with Crippen LogP contribution < -0.4 is 11.1 Å². The molecule has 2 rings (SSSR count). The maximum Gasteiger partial charge on any atom is 0.213 e. The van der Waals surface area contributed by atoms with Crippen LogP contribution in [-0.4, -0.2) is 15.0 Å². The number of anilines is 2. The summed E-state index contributed by atoms with van der Waals surface area (Å²) in [4.78, 5) is 12.6. The normalized spacial score (nSPS) is 10.6. The van der Waals surface area contributed by atoms with E-state index in [9.17, 15) is 0 Å². The van der Waals surface area contributed by atoms with E-state index in [0.717, 1.165) is 23.6 Å². The van der Waals surface area contributed by atoms with Crippen LogP contribution in [0.1, 0.15) is 30.0 Å². The first kappa shape index (κ1) is 12.3. The Bertz CT molecular complexity index is 549. The summed E-state index contributed by atoms with van der Waals surface area (Å²) >= 11 is 0. The van der Waals surface area contributed by atoms with Gasteiger partial charge in [0.1, 0.15) is 23.2 Å². The lowest BCUT2D eigenvalue weighted by Gasteiger charge is -2.09. The monoisotopic (exact) mass is 247 g/mol. The number of hydrogen-bond acceptors (Lipinski definition) is 6. The van der Waals surface area contributed by atoms with Gasteiger partial charge < -0.3 is 15.5 Å². The molecule has 0 atom stereocenters. The van der Waals surface area contributed by atoms with Gasteiger partial charge in [0.15, 0.2) is 0 Å². The van der Waals surface area contributed by atoms with Crippen LogP contribution in [0.25, 0.3) is 0 Å². The van der Waals surface area contributed by atoms with Gasteiger partial charge in [-0.25, -0.2) is 15.0 Å². The number of aromatic nitrogens is 3. The minimum absolute atomic E-state index is 0.483. The van der Waals surface area contributed by atoms with Gasteiger partial charge in [0.05, 0.1) is 12.7 Å². The fourth-order valence-corrected chi connectivity index (χ4v) is 1.57. The van der Waals surface area contributed by atoms with Crippen molar-refractivity contribution in [2.75, 3.05) is 11.1 Å². The molecular weight excluding hydrogens is 230 g/mol. The quantitative estimate of drug-likeness (QED) is 0.856. The van der Waals surface area contributed by atoms with Crippen molar-refractivity contribution in [3.8, 4) is 0 Å². The van der Waals surface area contributed by atoms with Crippen LogP contribution >= 0.6 is 0 Å². The maximum atomic E-state index is 5.79. The first-order valence-electron chi connectivity index (χ1n) is 5.88. The Morgan fingerprint density at radius 2 is 2.11 bits per heavy atom. The Labute approximate surface area is 106 Å². The van der Waals surface area contributed by atoms with Crippen LogP contribution in [0.4, 0.5) is 11.6 Å². The SMILES string of the molecule is CCc1cnc(CNc2nc(C)nc(N)c2C)o1. The highest BCUT2D eigenvalue weighted by molar-refractivity contribution is 5.54. The highest BCUT2D eigenvalue weighted by Crippen LogP contribution is 2.17. The molecule has 18 heavy (non-hydrogen) atoms. The summed E-state index contributed by atoms with van der Waals surface area (Å²) in [5.74, 6) is 3.37. The lowest BCUT2D eigenvalue weighted by atomic mass is 10.3. The number of aryl methyl sites for hydroxylation is 2. The van der Waals surface area contributed by atoms with Crippen LogP contribution in [-0.2, 0) is 13.0 Å². The Morgan fingerprint density at radius 1 is 1.33 bits per heavy atom. The van der Waals surface area contributed by atoms with E-state index in [1.165, 1.54) is 0 Å². The van der Waals surface area contributed by atoms with Gasteiger partial charge in [0.25, 0.3) is 0 Å². The van der Waals surface area contributed by atoms with Crippen molar-refractivity contribution < 1.29 is 4.42 Å². The van der Waals surface area contributed by atoms with E-state index in [1.54, 1.807) is 13.1 Å². The molecule has 96 valence electrons. The van der Waals surface area contributed by atoms with Crippen molar-refractivity contribution in [1.29, 1.82) is 0 Å². The molecule has 2 heterocycles. The molecule has 0 saturated carbocycles. The van der Waals surface area contributed by atoms with Gasteiger partial charge in [0.2, 0.25) is 5.89 Å². The van der Waals surface area contributed by atoms with Crippen LogP contribution in [0.5, 0.6) is 0 Å². The molecule has 0 bridgehead atoms. The second-order valence-electron chi connectivity index (χ2n) is 4.06. The predicted octanol–water partition coefficient (Wildman–Crippen LogP) is 1.84. The highest BCUT2D eigenvalue weighted by Gasteiger charge is 2.08. The van der Waals surface area contributed by atoms with Crippen LogP contribution in [0.2, 0.25) is 0 Å². The summed E-state index contributed by atoms with van der Waals surface area (Å²) in [6, 6.07) is 0. The number of nitrogens with zero attached hydrogens (tertiary/aromatic N) is 3. The first-order chi connectivity index (χ1) is 8.60. The lowest BCUT2D eigenvalue weighted by Crippen LogP contribution is -2.08. The second-order valence-corrected chi connectivity index (χ2v) is 4.06. The third-order valence-electron chi connectivity index (χ3n) is 2.65. The predicted molar refractivity (Wildman–Crippen MR) is 69.1 cm³/mol. The molecule has 0 aliphatic rings. The third-order valence-corrected chi connectivity index (χ3v) is 2.65. The number of rotatable bonds is 4. The fraction of sp³-hybridized carbons (Fsp3) is 0.417. The molecule has 0 aliphatic carbocycles. The lowest BCUT2D eigenvalue weighted by molar-refractivity contribution is 0.465. The van der Waals surface area contributed by atoms with E-state index in [1.807, 2.05) is 13.8 Å². The van der Waals surface area contributed by atoms with E-state index in [-0.39, 0.29) is 0 Å². The van der Waals surface area contributed by atoms with Crippen LogP contribution in [0.3, 0.4) is 0 Å². The number of nitrogens with two attached hydrogens (primary N) is 1. The highest BCUT2D eigenvalue weighted by atomic mass is 16.4. The molecule has 0 saturated heterocycles. The summed E-state index contributed by atoms with van der Waals surface area (Å²) < 4.78 is 5.51. The molecule has 0 radical (unpaired) electrons. The summed E-state index contributed by atoms with van der Waals surface area (Å²) in [6.45, 7) is 6.19. The fourth-order valence-electron chi connectivity index (χ4n) is 1.57. The zero-order valence-electron chi connectivity index (χ0n) is 10.8. The average molecular weight is 247 g/mol. The molecular formula is C12H17N5O. The third kappa shape index (κ3) is 2.58. The molecule has 0 amide bonds. The summed E-state index contributed by atoms with van der Waals surface area (Å²) in [5, 5.41) is 3.16. The molecule has 0 spiro atoms. The zero-order valence-corrected chi connectivity index (χ0v) is 10.8. The van der Waals surface area contributed by atoms with Gasteiger partial charge in [-0.05, 0) is 13.8 Å². The van der Waals surface area contributed by atoms with Gasteiger partial charge in [0, 0.05) is 12.0 Å². The molecule has 6 heteroatoms. The Morgan fingerprint density at radius 3 is 2.78 bits per heavy atom. The van der Waals surface area contributed by atoms with Gasteiger partial charge in [-0.3, -0.25) is 0 Å². The van der Waals surface area contributed by atoms with Crippen molar-refractivity contribution >= 4 is 11.6 Å². The number of nitrogen functional groups attached to an aromatic ring is 1. The number of nitrogens with one attached hydrogen (secondary N) is 1. The van der Waals surface area contributed by atoms with Gasteiger partial charge in [-0.15, -0.1) is 0 Å².